The number of anilines is 1. The molecule has 0 aromatic heterocycles. The Kier molecular flexibility index (Phi) is 5.37. The number of carbonyl (C=O) groups excluding carboxylic acids is 2. The molecule has 0 amide bonds. The lowest BCUT2D eigenvalue weighted by Crippen LogP contribution is -2.40. The lowest BCUT2D eigenvalue weighted by Gasteiger charge is -2.31. The van der Waals surface area contributed by atoms with Crippen molar-refractivity contribution in [2.45, 2.75) is 32.7 Å². The van der Waals surface area contributed by atoms with E-state index in [-0.39, 0.29) is 17.5 Å². The molecule has 4 rings (SSSR count). The molecule has 3 heteroatoms. The molecule has 0 saturated carbocycles. The Morgan fingerprint density at radius 2 is 1.33 bits per heavy atom. The van der Waals surface area contributed by atoms with Crippen molar-refractivity contribution in [2.24, 2.45) is 0 Å². The molecule has 0 spiro atoms. The topological polar surface area (TPSA) is 37.4 Å². The van der Waals surface area contributed by atoms with Crippen LogP contribution < -0.4 is 4.90 Å². The van der Waals surface area contributed by atoms with Gasteiger partial charge in [-0.3, -0.25) is 9.59 Å². The Bertz CT molecular complexity index is 1120. The fourth-order valence-corrected chi connectivity index (χ4v) is 4.59. The van der Waals surface area contributed by atoms with E-state index in [2.05, 4.69) is 0 Å². The highest BCUT2D eigenvalue weighted by atomic mass is 16.1. The highest BCUT2D eigenvalue weighted by Gasteiger charge is 2.46. The summed E-state index contributed by atoms with van der Waals surface area (Å²) in [6.45, 7) is 5.59. The normalized spacial score (nSPS) is 18.6. The third-order valence-corrected chi connectivity index (χ3v) is 5.92. The average Bonchev–Trinajstić information content (AvgIpc) is 3.07. The first-order valence-corrected chi connectivity index (χ1v) is 10.2. The van der Waals surface area contributed by atoms with E-state index >= 15 is 0 Å². The van der Waals surface area contributed by atoms with Gasteiger partial charge >= 0.3 is 0 Å². The number of allylic oxidation sites excluding steroid dienone is 1. The number of aryl methyl sites for hydroxylation is 1. The maximum atomic E-state index is 13.9. The zero-order valence-corrected chi connectivity index (χ0v) is 17.5. The van der Waals surface area contributed by atoms with Gasteiger partial charge < -0.3 is 4.90 Å². The molecule has 1 aliphatic rings. The second-order valence-electron chi connectivity index (χ2n) is 7.77. The van der Waals surface area contributed by atoms with E-state index in [1.165, 1.54) is 0 Å². The fraction of sp³-hybridized carbons (Fsp3) is 0.185. The molecule has 3 aromatic carbocycles. The summed E-state index contributed by atoms with van der Waals surface area (Å²) in [5.74, 6) is -0.301. The Morgan fingerprint density at radius 3 is 1.93 bits per heavy atom. The van der Waals surface area contributed by atoms with Gasteiger partial charge in [0.25, 0.3) is 0 Å². The van der Waals surface area contributed by atoms with Crippen LogP contribution in [0.15, 0.2) is 96.2 Å². The number of ketones is 2. The number of para-hydroxylation sites is 1. The van der Waals surface area contributed by atoms with Crippen LogP contribution in [0.1, 0.15) is 41.3 Å². The maximum absolute atomic E-state index is 13.9. The van der Waals surface area contributed by atoms with Gasteiger partial charge in [-0.2, -0.15) is 0 Å². The maximum Gasteiger partial charge on any atom is 0.186 e. The first-order chi connectivity index (χ1) is 14.5. The zero-order valence-electron chi connectivity index (χ0n) is 17.5. The predicted molar refractivity (Wildman–Crippen MR) is 121 cm³/mol. The van der Waals surface area contributed by atoms with E-state index in [0.717, 1.165) is 22.5 Å². The third kappa shape index (κ3) is 3.37. The van der Waals surface area contributed by atoms with Gasteiger partial charge in [-0.15, -0.1) is 0 Å². The van der Waals surface area contributed by atoms with Crippen LogP contribution >= 0.6 is 0 Å². The number of hydrogen-bond acceptors (Lipinski definition) is 3. The second kappa shape index (κ2) is 8.11. The summed E-state index contributed by atoms with van der Waals surface area (Å²) in [4.78, 5) is 28.7. The summed E-state index contributed by atoms with van der Waals surface area (Å²) in [7, 11) is 0. The molecule has 30 heavy (non-hydrogen) atoms. The van der Waals surface area contributed by atoms with E-state index < -0.39 is 6.04 Å². The summed E-state index contributed by atoms with van der Waals surface area (Å²) in [5, 5.41) is 0. The molecular formula is C27H25NO2. The Morgan fingerprint density at radius 1 is 0.767 bits per heavy atom. The number of nitrogens with zero attached hydrogens (tertiary/aromatic N) is 1. The quantitative estimate of drug-likeness (QED) is 0.519. The van der Waals surface area contributed by atoms with Gasteiger partial charge in [0.1, 0.15) is 6.04 Å². The third-order valence-electron chi connectivity index (χ3n) is 5.92. The minimum atomic E-state index is -0.519. The number of hydrogen-bond donors (Lipinski definition) is 0. The van der Waals surface area contributed by atoms with Gasteiger partial charge in [0.15, 0.2) is 11.6 Å². The van der Waals surface area contributed by atoms with Gasteiger partial charge in [-0.25, -0.2) is 0 Å². The van der Waals surface area contributed by atoms with Gasteiger partial charge in [-0.05, 0) is 44.0 Å². The van der Waals surface area contributed by atoms with Gasteiger partial charge in [0, 0.05) is 28.4 Å². The zero-order chi connectivity index (χ0) is 21.3. The van der Waals surface area contributed by atoms with Crippen molar-refractivity contribution in [3.8, 4) is 0 Å². The monoisotopic (exact) mass is 395 g/mol. The number of Topliss-reactive ketones (excluding diaryl/α,β-unsaturated/α-hetero) is 2. The molecule has 0 fully saturated rings. The van der Waals surface area contributed by atoms with Crippen LogP contribution in [-0.4, -0.2) is 17.6 Å². The molecule has 2 atom stereocenters. The van der Waals surface area contributed by atoms with E-state index in [4.69, 9.17) is 0 Å². The van der Waals surface area contributed by atoms with Crippen molar-refractivity contribution in [3.63, 3.8) is 0 Å². The van der Waals surface area contributed by atoms with Crippen LogP contribution in [0.4, 0.5) is 5.69 Å². The molecule has 0 N–H and O–H groups in total. The summed E-state index contributed by atoms with van der Waals surface area (Å²) in [5.41, 5.74) is 5.22. The van der Waals surface area contributed by atoms with Gasteiger partial charge in [0.2, 0.25) is 0 Å². The highest BCUT2D eigenvalue weighted by molar-refractivity contribution is 6.08. The summed E-state index contributed by atoms with van der Waals surface area (Å²) in [6.07, 6.45) is 0. The van der Waals surface area contributed by atoms with Crippen LogP contribution in [0.2, 0.25) is 0 Å². The molecule has 0 aliphatic carbocycles. The summed E-state index contributed by atoms with van der Waals surface area (Å²) >= 11 is 0. The molecule has 3 nitrogen and oxygen atoms in total. The standard InChI is InChI=1S/C27H25NO2/c1-18-12-10-11-17-23(18)25-24(20(3)29)19(2)28(22-15-8-5-9-16-22)26(25)27(30)21-13-6-4-7-14-21/h4-17,25-26H,1-3H3. The SMILES string of the molecule is CC(=O)C1=C(C)N(c2ccccc2)C(C(=O)c2ccccc2)C1c1ccccc1C. The van der Waals surface area contributed by atoms with E-state index in [0.29, 0.717) is 11.1 Å². The molecule has 150 valence electrons. The van der Waals surface area contributed by atoms with Crippen molar-refractivity contribution >= 4 is 17.3 Å². The Hall–Kier alpha value is -3.46. The molecule has 3 aromatic rings. The highest BCUT2D eigenvalue weighted by Crippen LogP contribution is 2.45. The van der Waals surface area contributed by atoms with Crippen molar-refractivity contribution < 1.29 is 9.59 Å². The number of benzene rings is 3. The molecule has 2 unspecified atom stereocenters. The van der Waals surface area contributed by atoms with Crippen LogP contribution in [0, 0.1) is 6.92 Å². The summed E-state index contributed by atoms with van der Waals surface area (Å²) in [6, 6.07) is 26.7. The van der Waals surface area contributed by atoms with Gasteiger partial charge in [0.05, 0.1) is 0 Å². The van der Waals surface area contributed by atoms with Crippen molar-refractivity contribution in [3.05, 3.63) is 113 Å². The number of carbonyl (C=O) groups is 2. The molecule has 1 heterocycles. The lowest BCUT2D eigenvalue weighted by molar-refractivity contribution is -0.113. The van der Waals surface area contributed by atoms with Crippen LogP contribution in [-0.2, 0) is 4.79 Å². The molecule has 0 bridgehead atoms. The van der Waals surface area contributed by atoms with Crippen molar-refractivity contribution in [1.29, 1.82) is 0 Å². The molecule has 0 radical (unpaired) electrons. The Labute approximate surface area is 177 Å². The van der Waals surface area contributed by atoms with E-state index in [1.54, 1.807) is 6.92 Å². The van der Waals surface area contributed by atoms with Crippen LogP contribution in [0.5, 0.6) is 0 Å². The number of rotatable bonds is 5. The summed E-state index contributed by atoms with van der Waals surface area (Å²) < 4.78 is 0. The lowest BCUT2D eigenvalue weighted by atomic mass is 9.80. The Balaban J connectivity index is 1.96. The minimum absolute atomic E-state index is 0.00467. The predicted octanol–water partition coefficient (Wildman–Crippen LogP) is 5.71. The fourth-order valence-electron chi connectivity index (χ4n) is 4.59. The van der Waals surface area contributed by atoms with Crippen molar-refractivity contribution in [1.82, 2.24) is 0 Å². The van der Waals surface area contributed by atoms with Crippen LogP contribution in [0.25, 0.3) is 0 Å². The van der Waals surface area contributed by atoms with E-state index in [9.17, 15) is 9.59 Å². The average molecular weight is 396 g/mol. The van der Waals surface area contributed by atoms with Crippen LogP contribution in [0.3, 0.4) is 0 Å². The first-order valence-electron chi connectivity index (χ1n) is 10.2. The molecule has 1 aliphatic heterocycles. The minimum Gasteiger partial charge on any atom is -0.333 e. The second-order valence-corrected chi connectivity index (χ2v) is 7.77. The smallest absolute Gasteiger partial charge is 0.186 e. The largest absolute Gasteiger partial charge is 0.333 e. The molecular weight excluding hydrogens is 370 g/mol. The van der Waals surface area contributed by atoms with Crippen molar-refractivity contribution in [2.75, 3.05) is 4.90 Å². The van der Waals surface area contributed by atoms with Gasteiger partial charge in [-0.1, -0.05) is 72.8 Å². The molecule has 0 saturated heterocycles. The first kappa shape index (κ1) is 19.8. The van der Waals surface area contributed by atoms with E-state index in [1.807, 2.05) is 104 Å².